The Morgan fingerprint density at radius 3 is 2.46 bits per heavy atom. The highest BCUT2D eigenvalue weighted by atomic mass is 32.2. The van der Waals surface area contributed by atoms with Crippen molar-refractivity contribution >= 4 is 21.5 Å². The molecule has 35 heavy (non-hydrogen) atoms. The molecule has 1 atom stereocenters. The first kappa shape index (κ1) is 26.5. The molecular weight excluding hydrogens is 485 g/mol. The Morgan fingerprint density at radius 1 is 1.20 bits per heavy atom. The first-order valence-corrected chi connectivity index (χ1v) is 12.7. The van der Waals surface area contributed by atoms with Crippen LogP contribution in [-0.2, 0) is 21.2 Å². The summed E-state index contributed by atoms with van der Waals surface area (Å²) in [5.74, 6) is -4.43. The molecule has 1 aliphatic rings. The van der Waals surface area contributed by atoms with Gasteiger partial charge in [-0.2, -0.15) is 4.39 Å². The van der Waals surface area contributed by atoms with Crippen molar-refractivity contribution in [1.82, 2.24) is 9.88 Å². The minimum absolute atomic E-state index is 0.106. The largest absolute Gasteiger partial charge is 0.484 e. The molecule has 1 unspecified atom stereocenters. The number of carbonyl (C=O) groups is 1. The van der Waals surface area contributed by atoms with E-state index in [1.54, 1.807) is 25.7 Å². The van der Waals surface area contributed by atoms with Crippen LogP contribution in [0.25, 0.3) is 5.57 Å². The van der Waals surface area contributed by atoms with Gasteiger partial charge in [-0.25, -0.2) is 22.0 Å². The number of nitrogens with zero attached hydrogens (tertiary/aromatic N) is 2. The highest BCUT2D eigenvalue weighted by Crippen LogP contribution is 2.30. The molecule has 1 aliphatic heterocycles. The lowest BCUT2D eigenvalue weighted by atomic mass is 9.91. The lowest BCUT2D eigenvalue weighted by Crippen LogP contribution is -2.41. The average molecular weight is 513 g/mol. The van der Waals surface area contributed by atoms with Crippen molar-refractivity contribution in [2.75, 3.05) is 19.3 Å². The second kappa shape index (κ2) is 9.88. The Balaban J connectivity index is 1.72. The van der Waals surface area contributed by atoms with Crippen LogP contribution in [0.4, 0.5) is 18.0 Å². The molecule has 0 bridgehead atoms. The number of hydrogen-bond donors (Lipinski definition) is 0. The van der Waals surface area contributed by atoms with Crippen LogP contribution in [0, 0.1) is 23.4 Å². The van der Waals surface area contributed by atoms with Gasteiger partial charge in [0.25, 0.3) is 0 Å². The fourth-order valence-corrected chi connectivity index (χ4v) is 4.31. The summed E-state index contributed by atoms with van der Waals surface area (Å²) >= 11 is 0. The van der Waals surface area contributed by atoms with Gasteiger partial charge in [0.05, 0.1) is 0 Å². The Bertz CT molecular complexity index is 1270. The fourth-order valence-electron chi connectivity index (χ4n) is 3.58. The number of pyridine rings is 1. The molecule has 190 valence electrons. The van der Waals surface area contributed by atoms with Gasteiger partial charge in [-0.3, -0.25) is 4.98 Å². The van der Waals surface area contributed by atoms with Crippen LogP contribution in [0.5, 0.6) is 5.75 Å². The van der Waals surface area contributed by atoms with E-state index < -0.39 is 56.2 Å². The molecule has 1 aromatic carbocycles. The lowest BCUT2D eigenvalue weighted by Gasteiger charge is -2.33. The maximum Gasteiger partial charge on any atom is 0.410 e. The summed E-state index contributed by atoms with van der Waals surface area (Å²) in [4.78, 5) is 17.1. The molecule has 3 rings (SSSR count). The van der Waals surface area contributed by atoms with Gasteiger partial charge in [-0.15, -0.1) is 0 Å². The zero-order chi connectivity index (χ0) is 26.1. The summed E-state index contributed by atoms with van der Waals surface area (Å²) in [6.45, 7) is 7.45. The van der Waals surface area contributed by atoms with E-state index in [0.717, 1.165) is 24.0 Å². The van der Waals surface area contributed by atoms with Crippen LogP contribution in [-0.4, -0.2) is 49.3 Å². The number of ether oxygens (including phenoxy) is 2. The molecule has 1 aromatic heterocycles. The standard InChI is InChI=1S/C24H27F3N2O5S/c1-14-12-29(23(30)34-24(2,3)4)9-8-16(14)15-10-17(25)18(28-11-15)13-33-19-6-7-20(35(5,31)32)22(27)21(19)26/h6-8,10-11,14H,9,12-13H2,1-5H3. The van der Waals surface area contributed by atoms with Gasteiger partial charge in [-0.05, 0) is 56.0 Å². The molecule has 0 saturated carbocycles. The highest BCUT2D eigenvalue weighted by Gasteiger charge is 2.28. The smallest absolute Gasteiger partial charge is 0.410 e. The van der Waals surface area contributed by atoms with Crippen molar-refractivity contribution in [3.05, 3.63) is 59.2 Å². The van der Waals surface area contributed by atoms with E-state index in [4.69, 9.17) is 9.47 Å². The summed E-state index contributed by atoms with van der Waals surface area (Å²) < 4.78 is 76.5. The maximum atomic E-state index is 14.7. The molecule has 0 spiro atoms. The van der Waals surface area contributed by atoms with Crippen molar-refractivity contribution in [3.63, 3.8) is 0 Å². The zero-order valence-corrected chi connectivity index (χ0v) is 20.9. The van der Waals surface area contributed by atoms with Crippen LogP contribution >= 0.6 is 0 Å². The van der Waals surface area contributed by atoms with E-state index >= 15 is 0 Å². The average Bonchev–Trinajstić information content (AvgIpc) is 2.73. The topological polar surface area (TPSA) is 85.8 Å². The summed E-state index contributed by atoms with van der Waals surface area (Å²) in [6, 6.07) is 3.11. The molecule has 0 saturated heterocycles. The summed E-state index contributed by atoms with van der Waals surface area (Å²) in [5, 5.41) is 0. The van der Waals surface area contributed by atoms with Gasteiger partial charge < -0.3 is 14.4 Å². The second-order valence-corrected chi connectivity index (χ2v) is 11.3. The third-order valence-electron chi connectivity index (χ3n) is 5.23. The number of benzene rings is 1. The molecule has 0 aliphatic carbocycles. The summed E-state index contributed by atoms with van der Waals surface area (Å²) in [7, 11) is -3.96. The van der Waals surface area contributed by atoms with E-state index in [0.29, 0.717) is 18.7 Å². The Labute approximate surface area is 202 Å². The normalized spacial score (nSPS) is 16.6. The van der Waals surface area contributed by atoms with Crippen LogP contribution in [0.3, 0.4) is 0 Å². The van der Waals surface area contributed by atoms with Gasteiger partial charge in [0.1, 0.15) is 28.6 Å². The number of aromatic nitrogens is 1. The third kappa shape index (κ3) is 6.33. The third-order valence-corrected chi connectivity index (χ3v) is 6.35. The van der Waals surface area contributed by atoms with E-state index in [9.17, 15) is 26.4 Å². The summed E-state index contributed by atoms with van der Waals surface area (Å²) in [6.07, 6.45) is 3.58. The first-order valence-electron chi connectivity index (χ1n) is 10.8. The Hall–Kier alpha value is -3.08. The minimum atomic E-state index is -3.96. The van der Waals surface area contributed by atoms with Crippen molar-refractivity contribution < 1.29 is 35.9 Å². The Morgan fingerprint density at radius 2 is 1.89 bits per heavy atom. The molecule has 0 fully saturated rings. The van der Waals surface area contributed by atoms with Crippen molar-refractivity contribution in [2.45, 2.75) is 44.8 Å². The SMILES string of the molecule is CC1CN(C(=O)OC(C)(C)C)CC=C1c1cnc(COc2ccc(S(C)(=O)=O)c(F)c2F)c(F)c1. The van der Waals surface area contributed by atoms with E-state index in [1.807, 2.05) is 13.0 Å². The first-order chi connectivity index (χ1) is 16.2. The lowest BCUT2D eigenvalue weighted by molar-refractivity contribution is 0.0251. The molecule has 11 heteroatoms. The van der Waals surface area contributed by atoms with Gasteiger partial charge in [0.15, 0.2) is 21.4 Å². The van der Waals surface area contributed by atoms with Crippen LogP contribution in [0.15, 0.2) is 35.4 Å². The molecule has 7 nitrogen and oxygen atoms in total. The van der Waals surface area contributed by atoms with Crippen LogP contribution < -0.4 is 4.74 Å². The van der Waals surface area contributed by atoms with Crippen molar-refractivity contribution in [2.24, 2.45) is 5.92 Å². The molecule has 1 amide bonds. The van der Waals surface area contributed by atoms with Gasteiger partial charge in [-0.1, -0.05) is 13.0 Å². The number of halogens is 3. The van der Waals surface area contributed by atoms with Gasteiger partial charge >= 0.3 is 6.09 Å². The second-order valence-electron chi connectivity index (χ2n) is 9.35. The Kier molecular flexibility index (Phi) is 7.49. The molecule has 0 N–H and O–H groups in total. The van der Waals surface area contributed by atoms with E-state index in [-0.39, 0.29) is 11.6 Å². The van der Waals surface area contributed by atoms with Crippen LogP contribution in [0.1, 0.15) is 39.0 Å². The molecule has 2 aromatic rings. The number of rotatable bonds is 5. The fraction of sp³-hybridized carbons (Fsp3) is 0.417. The monoisotopic (exact) mass is 512 g/mol. The predicted molar refractivity (Wildman–Crippen MR) is 123 cm³/mol. The number of hydrogen-bond acceptors (Lipinski definition) is 6. The van der Waals surface area contributed by atoms with Crippen molar-refractivity contribution in [3.8, 4) is 5.75 Å². The predicted octanol–water partition coefficient (Wildman–Crippen LogP) is 4.75. The zero-order valence-electron chi connectivity index (χ0n) is 20.1. The van der Waals surface area contributed by atoms with Crippen molar-refractivity contribution in [1.29, 1.82) is 0 Å². The highest BCUT2D eigenvalue weighted by molar-refractivity contribution is 7.90. The van der Waals surface area contributed by atoms with E-state index in [1.165, 1.54) is 12.3 Å². The quantitative estimate of drug-likeness (QED) is 0.575. The van der Waals surface area contributed by atoms with Gasteiger partial charge in [0.2, 0.25) is 5.82 Å². The number of sulfone groups is 1. The summed E-state index contributed by atoms with van der Waals surface area (Å²) in [5.41, 5.74) is 0.588. The maximum absolute atomic E-state index is 14.7. The van der Waals surface area contributed by atoms with E-state index in [2.05, 4.69) is 4.98 Å². The molecule has 0 radical (unpaired) electrons. The number of carbonyl (C=O) groups excluding carboxylic acids is 1. The number of amides is 1. The molecular formula is C24H27F3N2O5S. The van der Waals surface area contributed by atoms with Gasteiger partial charge in [0, 0.05) is 25.5 Å². The molecule has 2 heterocycles. The van der Waals surface area contributed by atoms with Crippen LogP contribution in [0.2, 0.25) is 0 Å². The minimum Gasteiger partial charge on any atom is -0.484 e.